The summed E-state index contributed by atoms with van der Waals surface area (Å²) in [5.41, 5.74) is 2.68. The Hall–Kier alpha value is -3.11. The lowest BCUT2D eigenvalue weighted by Gasteiger charge is -2.20. The number of aryl methyl sites for hydroxylation is 1. The van der Waals surface area contributed by atoms with Crippen LogP contribution in [0.15, 0.2) is 53.7 Å². The maximum absolute atomic E-state index is 12.9. The Morgan fingerprint density at radius 1 is 1.10 bits per heavy atom. The van der Waals surface area contributed by atoms with Crippen LogP contribution >= 0.6 is 0 Å². The Kier molecular flexibility index (Phi) is 6.58. The maximum atomic E-state index is 12.9. The molecule has 3 rings (SSSR count). The summed E-state index contributed by atoms with van der Waals surface area (Å²) in [6.45, 7) is 6.11. The maximum Gasteiger partial charge on any atom is 0.243 e. The topological polar surface area (TPSA) is 110 Å². The van der Waals surface area contributed by atoms with Crippen LogP contribution in [0.1, 0.15) is 25.0 Å². The average molecular weight is 429 g/mol. The van der Waals surface area contributed by atoms with E-state index in [4.69, 9.17) is 0 Å². The van der Waals surface area contributed by atoms with Crippen molar-refractivity contribution >= 4 is 21.6 Å². The summed E-state index contributed by atoms with van der Waals surface area (Å²) in [5, 5.41) is 13.8. The molecule has 0 spiro atoms. The summed E-state index contributed by atoms with van der Waals surface area (Å²) in [6, 6.07) is 12.2. The fourth-order valence-electron chi connectivity index (χ4n) is 3.10. The summed E-state index contributed by atoms with van der Waals surface area (Å²) >= 11 is 0. The number of nitrogens with one attached hydrogen (secondary N) is 1. The van der Waals surface area contributed by atoms with Crippen molar-refractivity contribution in [1.82, 2.24) is 24.5 Å². The first-order chi connectivity index (χ1) is 14.3. The number of benzene rings is 2. The number of nitrogens with zero attached hydrogens (tertiary/aromatic N) is 5. The second kappa shape index (κ2) is 9.14. The van der Waals surface area contributed by atoms with E-state index >= 15 is 0 Å². The smallest absolute Gasteiger partial charge is 0.243 e. The zero-order valence-electron chi connectivity index (χ0n) is 17.1. The fourth-order valence-corrected chi connectivity index (χ4v) is 4.80. The van der Waals surface area contributed by atoms with Gasteiger partial charge < -0.3 is 5.32 Å². The van der Waals surface area contributed by atoms with E-state index in [-0.39, 0.29) is 17.2 Å². The first-order valence-corrected chi connectivity index (χ1v) is 11.0. The summed E-state index contributed by atoms with van der Waals surface area (Å²) in [5.74, 6) is -0.236. The third-order valence-corrected chi connectivity index (χ3v) is 6.90. The van der Waals surface area contributed by atoms with Crippen molar-refractivity contribution in [3.05, 3.63) is 59.9 Å². The van der Waals surface area contributed by atoms with E-state index in [0.717, 1.165) is 11.3 Å². The normalized spacial score (nSPS) is 11.6. The highest BCUT2D eigenvalue weighted by molar-refractivity contribution is 7.89. The minimum absolute atomic E-state index is 0.155. The van der Waals surface area contributed by atoms with Crippen LogP contribution in [0.5, 0.6) is 0 Å². The molecule has 0 unspecified atom stereocenters. The lowest BCUT2D eigenvalue weighted by Crippen LogP contribution is -2.31. The second-order valence-corrected chi connectivity index (χ2v) is 8.62. The molecule has 0 aliphatic rings. The summed E-state index contributed by atoms with van der Waals surface area (Å²) in [6.07, 6.45) is 1.64. The zero-order chi connectivity index (χ0) is 21.7. The van der Waals surface area contributed by atoms with Crippen molar-refractivity contribution in [2.45, 2.75) is 32.1 Å². The molecule has 0 aliphatic carbocycles. The summed E-state index contributed by atoms with van der Waals surface area (Å²) in [4.78, 5) is 12.7. The molecule has 2 aromatic carbocycles. The van der Waals surface area contributed by atoms with Crippen molar-refractivity contribution in [3.63, 3.8) is 0 Å². The Morgan fingerprint density at radius 3 is 2.40 bits per heavy atom. The van der Waals surface area contributed by atoms with Gasteiger partial charge in [0.25, 0.3) is 0 Å². The van der Waals surface area contributed by atoms with Gasteiger partial charge in [-0.3, -0.25) is 4.79 Å². The highest BCUT2D eigenvalue weighted by Gasteiger charge is 2.24. The molecular weight excluding hydrogens is 404 g/mol. The quantitative estimate of drug-likeness (QED) is 0.589. The number of amides is 1. The number of carbonyl (C=O) groups is 1. The molecule has 1 heterocycles. The molecule has 0 atom stereocenters. The van der Waals surface area contributed by atoms with Crippen LogP contribution < -0.4 is 5.32 Å². The molecule has 3 aromatic rings. The largest absolute Gasteiger partial charge is 0.326 e. The molecule has 158 valence electrons. The lowest BCUT2D eigenvalue weighted by molar-refractivity contribution is -0.115. The van der Waals surface area contributed by atoms with E-state index in [1.807, 2.05) is 24.3 Å². The molecule has 1 N–H and O–H groups in total. The predicted octanol–water partition coefficient (Wildman–Crippen LogP) is 2.18. The van der Waals surface area contributed by atoms with Gasteiger partial charge >= 0.3 is 0 Å². The predicted molar refractivity (Wildman–Crippen MR) is 113 cm³/mol. The van der Waals surface area contributed by atoms with Crippen LogP contribution in [0.2, 0.25) is 0 Å². The highest BCUT2D eigenvalue weighted by atomic mass is 32.2. The second-order valence-electron chi connectivity index (χ2n) is 6.72. The van der Waals surface area contributed by atoms with Crippen molar-refractivity contribution in [3.8, 4) is 5.69 Å². The Balaban J connectivity index is 1.73. The van der Waals surface area contributed by atoms with E-state index in [9.17, 15) is 13.2 Å². The van der Waals surface area contributed by atoms with Gasteiger partial charge in [-0.1, -0.05) is 32.0 Å². The van der Waals surface area contributed by atoms with Crippen molar-refractivity contribution in [1.29, 1.82) is 0 Å². The molecule has 0 bridgehead atoms. The van der Waals surface area contributed by atoms with Gasteiger partial charge in [-0.05, 0) is 52.7 Å². The number of carbonyl (C=O) groups excluding carboxylic acids is 1. The van der Waals surface area contributed by atoms with E-state index < -0.39 is 10.0 Å². The lowest BCUT2D eigenvalue weighted by atomic mass is 10.1. The van der Waals surface area contributed by atoms with Crippen LogP contribution in [0.4, 0.5) is 5.69 Å². The Labute approximate surface area is 175 Å². The summed E-state index contributed by atoms with van der Waals surface area (Å²) < 4.78 is 28.7. The van der Waals surface area contributed by atoms with Gasteiger partial charge in [0, 0.05) is 18.8 Å². The van der Waals surface area contributed by atoms with E-state index in [1.165, 1.54) is 21.4 Å². The van der Waals surface area contributed by atoms with Gasteiger partial charge in [-0.2, -0.15) is 4.31 Å². The average Bonchev–Trinajstić information content (AvgIpc) is 3.25. The van der Waals surface area contributed by atoms with Crippen molar-refractivity contribution in [2.24, 2.45) is 0 Å². The SMILES string of the molecule is CCN(CC)S(=O)(=O)c1cc(NC(=O)Cc2ccc(-n3cnnn3)cc2)ccc1C. The van der Waals surface area contributed by atoms with Crippen LogP contribution in [0.3, 0.4) is 0 Å². The number of sulfonamides is 1. The molecule has 30 heavy (non-hydrogen) atoms. The van der Waals surface area contributed by atoms with Crippen LogP contribution in [0, 0.1) is 6.92 Å². The first-order valence-electron chi connectivity index (χ1n) is 9.58. The molecule has 1 aromatic heterocycles. The molecular formula is C20H24N6O3S. The van der Waals surface area contributed by atoms with Gasteiger partial charge in [0.2, 0.25) is 15.9 Å². The molecule has 0 saturated carbocycles. The number of hydrogen-bond acceptors (Lipinski definition) is 6. The minimum Gasteiger partial charge on any atom is -0.326 e. The van der Waals surface area contributed by atoms with Gasteiger partial charge in [0.15, 0.2) is 0 Å². The van der Waals surface area contributed by atoms with Gasteiger partial charge in [-0.15, -0.1) is 5.10 Å². The molecule has 1 amide bonds. The number of hydrogen-bond donors (Lipinski definition) is 1. The molecule has 0 fully saturated rings. The van der Waals surface area contributed by atoms with Gasteiger partial charge in [0.1, 0.15) is 6.33 Å². The summed E-state index contributed by atoms with van der Waals surface area (Å²) in [7, 11) is -3.61. The fraction of sp³-hybridized carbons (Fsp3) is 0.300. The Morgan fingerprint density at radius 2 is 1.80 bits per heavy atom. The molecule has 9 nitrogen and oxygen atoms in total. The molecule has 0 aliphatic heterocycles. The third kappa shape index (κ3) is 4.71. The van der Waals surface area contributed by atoms with Crippen molar-refractivity contribution in [2.75, 3.05) is 18.4 Å². The monoisotopic (exact) mass is 428 g/mol. The van der Waals surface area contributed by atoms with Crippen LogP contribution in [-0.4, -0.2) is 51.9 Å². The molecule has 10 heteroatoms. The number of anilines is 1. The number of rotatable bonds is 8. The van der Waals surface area contributed by atoms with Gasteiger partial charge in [0.05, 0.1) is 17.0 Å². The molecule has 0 radical (unpaired) electrons. The zero-order valence-corrected chi connectivity index (χ0v) is 17.9. The van der Waals surface area contributed by atoms with Crippen LogP contribution in [-0.2, 0) is 21.2 Å². The minimum atomic E-state index is -3.61. The van der Waals surface area contributed by atoms with Crippen molar-refractivity contribution < 1.29 is 13.2 Å². The van der Waals surface area contributed by atoms with E-state index in [1.54, 1.807) is 32.9 Å². The number of tetrazole rings is 1. The number of aromatic nitrogens is 4. The Bertz CT molecular complexity index is 1110. The third-order valence-electron chi connectivity index (χ3n) is 4.71. The molecule has 0 saturated heterocycles. The van der Waals surface area contributed by atoms with Crippen LogP contribution in [0.25, 0.3) is 5.69 Å². The first kappa shape index (κ1) is 21.6. The van der Waals surface area contributed by atoms with E-state index in [0.29, 0.717) is 24.3 Å². The highest BCUT2D eigenvalue weighted by Crippen LogP contribution is 2.24. The van der Waals surface area contributed by atoms with E-state index in [2.05, 4.69) is 20.8 Å². The standard InChI is InChI=1S/C20H24N6O3S/c1-4-25(5-2)30(28,29)19-13-17(9-6-15(19)3)22-20(27)12-16-7-10-18(11-8-16)26-14-21-23-24-26/h6-11,13-14H,4-5,12H2,1-3H3,(H,22,27). The van der Waals surface area contributed by atoms with Gasteiger partial charge in [-0.25, -0.2) is 13.1 Å².